The van der Waals surface area contributed by atoms with Gasteiger partial charge in [-0.1, -0.05) is 30.3 Å². The van der Waals surface area contributed by atoms with Gasteiger partial charge in [-0.2, -0.15) is 0 Å². The Bertz CT molecular complexity index is 958. The monoisotopic (exact) mass is 399 g/mol. The Kier molecular flexibility index (Phi) is 5.30. The van der Waals surface area contributed by atoms with E-state index in [1.807, 2.05) is 0 Å². The SMILES string of the molecule is N[C@H]1[C@H](OCc2ccc3c(c2)C(=O)c2ccccc2C3=O)O[C@H](CO)[C@@H](O)[C@@H]1O. The zero-order valence-electron chi connectivity index (χ0n) is 15.4. The molecule has 0 bridgehead atoms. The van der Waals surface area contributed by atoms with Crippen molar-refractivity contribution in [3.05, 3.63) is 70.3 Å². The largest absolute Gasteiger partial charge is 0.394 e. The Hall–Kier alpha value is -2.46. The molecule has 1 fully saturated rings. The second-order valence-corrected chi connectivity index (χ2v) is 7.18. The van der Waals surface area contributed by atoms with Crippen LogP contribution in [0.1, 0.15) is 37.4 Å². The molecule has 5 N–H and O–H groups in total. The van der Waals surface area contributed by atoms with Gasteiger partial charge < -0.3 is 30.5 Å². The van der Waals surface area contributed by atoms with Gasteiger partial charge in [0.25, 0.3) is 0 Å². The Morgan fingerprint density at radius 3 is 2.21 bits per heavy atom. The van der Waals surface area contributed by atoms with E-state index in [9.17, 15) is 24.9 Å². The average Bonchev–Trinajstić information content (AvgIpc) is 2.75. The molecule has 152 valence electrons. The molecule has 0 radical (unpaired) electrons. The maximum absolute atomic E-state index is 12.8. The van der Waals surface area contributed by atoms with E-state index in [2.05, 4.69) is 0 Å². The smallest absolute Gasteiger partial charge is 0.194 e. The second-order valence-electron chi connectivity index (χ2n) is 7.18. The van der Waals surface area contributed by atoms with E-state index >= 15 is 0 Å². The zero-order chi connectivity index (χ0) is 20.7. The van der Waals surface area contributed by atoms with Crippen LogP contribution < -0.4 is 5.73 Å². The number of aliphatic hydroxyl groups is 3. The number of hydrogen-bond donors (Lipinski definition) is 4. The number of rotatable bonds is 4. The van der Waals surface area contributed by atoms with Crippen molar-refractivity contribution >= 4 is 11.6 Å². The number of carbonyl (C=O) groups excluding carboxylic acids is 2. The molecule has 8 heteroatoms. The third kappa shape index (κ3) is 3.40. The Balaban J connectivity index is 1.53. The Labute approximate surface area is 166 Å². The number of carbonyl (C=O) groups is 2. The highest BCUT2D eigenvalue weighted by molar-refractivity contribution is 6.28. The number of hydrogen-bond acceptors (Lipinski definition) is 8. The van der Waals surface area contributed by atoms with E-state index in [0.29, 0.717) is 27.8 Å². The van der Waals surface area contributed by atoms with Gasteiger partial charge in [0.1, 0.15) is 18.3 Å². The summed E-state index contributed by atoms with van der Waals surface area (Å²) in [6.07, 6.45) is -4.71. The number of aliphatic hydroxyl groups excluding tert-OH is 3. The maximum Gasteiger partial charge on any atom is 0.194 e. The van der Waals surface area contributed by atoms with Crippen molar-refractivity contribution in [3.63, 3.8) is 0 Å². The lowest BCUT2D eigenvalue weighted by Gasteiger charge is -2.40. The van der Waals surface area contributed by atoms with E-state index in [0.717, 1.165) is 0 Å². The van der Waals surface area contributed by atoms with Crippen molar-refractivity contribution in [2.24, 2.45) is 5.73 Å². The van der Waals surface area contributed by atoms with Gasteiger partial charge in [-0.15, -0.1) is 0 Å². The lowest BCUT2D eigenvalue weighted by molar-refractivity contribution is -0.269. The van der Waals surface area contributed by atoms with Gasteiger partial charge in [0.05, 0.1) is 19.3 Å². The third-order valence-electron chi connectivity index (χ3n) is 5.33. The summed E-state index contributed by atoms with van der Waals surface area (Å²) < 4.78 is 11.1. The molecule has 1 saturated heterocycles. The summed E-state index contributed by atoms with van der Waals surface area (Å²) in [5, 5.41) is 29.1. The van der Waals surface area contributed by atoms with Crippen LogP contribution in [0.3, 0.4) is 0 Å². The maximum atomic E-state index is 12.8. The van der Waals surface area contributed by atoms with Gasteiger partial charge in [-0.05, 0) is 17.7 Å². The van der Waals surface area contributed by atoms with Crippen molar-refractivity contribution < 1.29 is 34.4 Å². The van der Waals surface area contributed by atoms with Crippen LogP contribution in [0.5, 0.6) is 0 Å². The lowest BCUT2D eigenvalue weighted by Crippen LogP contribution is -2.62. The molecule has 1 aliphatic heterocycles. The van der Waals surface area contributed by atoms with Crippen LogP contribution in [0.15, 0.2) is 42.5 Å². The van der Waals surface area contributed by atoms with Gasteiger partial charge >= 0.3 is 0 Å². The molecular formula is C21H21NO7. The average molecular weight is 399 g/mol. The highest BCUT2D eigenvalue weighted by atomic mass is 16.7. The zero-order valence-corrected chi connectivity index (χ0v) is 15.4. The van der Waals surface area contributed by atoms with E-state index in [1.54, 1.807) is 42.5 Å². The molecule has 8 nitrogen and oxygen atoms in total. The summed E-state index contributed by atoms with van der Waals surface area (Å²) in [5.74, 6) is -0.440. The summed E-state index contributed by atoms with van der Waals surface area (Å²) in [6.45, 7) is -0.505. The predicted octanol–water partition coefficient (Wildman–Crippen LogP) is -0.255. The normalized spacial score (nSPS) is 28.8. The van der Waals surface area contributed by atoms with Crippen LogP contribution >= 0.6 is 0 Å². The minimum atomic E-state index is -1.32. The first-order chi connectivity index (χ1) is 13.9. The van der Waals surface area contributed by atoms with Crippen LogP contribution in [0.25, 0.3) is 0 Å². The molecule has 0 saturated carbocycles. The first-order valence-electron chi connectivity index (χ1n) is 9.23. The molecule has 0 amide bonds. The van der Waals surface area contributed by atoms with Gasteiger partial charge in [-0.25, -0.2) is 0 Å². The second kappa shape index (κ2) is 7.75. The highest BCUT2D eigenvalue weighted by Crippen LogP contribution is 2.28. The quantitative estimate of drug-likeness (QED) is 0.471. The minimum Gasteiger partial charge on any atom is -0.394 e. The molecule has 2 aromatic rings. The standard InChI is InChI=1S/C21H21NO7/c22-16-20(27)19(26)15(8-23)29-21(16)28-9-10-5-6-13-14(7-10)18(25)12-4-2-1-3-11(12)17(13)24/h1-7,15-16,19-21,23,26-27H,8-9,22H2/t15-,16-,19-,20-,21-/m1/s1. The van der Waals surface area contributed by atoms with E-state index in [1.165, 1.54) is 0 Å². The molecule has 4 rings (SSSR count). The summed E-state index contributed by atoms with van der Waals surface area (Å²) in [5.41, 5.74) is 7.86. The van der Waals surface area contributed by atoms with Gasteiger partial charge in [0.15, 0.2) is 17.9 Å². The van der Waals surface area contributed by atoms with Crippen molar-refractivity contribution in [2.75, 3.05) is 6.61 Å². The number of ketones is 2. The number of ether oxygens (including phenoxy) is 2. The fraction of sp³-hybridized carbons (Fsp3) is 0.333. The van der Waals surface area contributed by atoms with E-state index in [-0.39, 0.29) is 18.2 Å². The van der Waals surface area contributed by atoms with Gasteiger partial charge in [-0.3, -0.25) is 9.59 Å². The molecule has 1 heterocycles. The molecule has 0 aromatic heterocycles. The molecule has 2 aromatic carbocycles. The summed E-state index contributed by atoms with van der Waals surface area (Å²) >= 11 is 0. The minimum absolute atomic E-state index is 0.00424. The number of benzene rings is 2. The van der Waals surface area contributed by atoms with Gasteiger partial charge in [0, 0.05) is 22.3 Å². The predicted molar refractivity (Wildman–Crippen MR) is 100 cm³/mol. The number of nitrogens with two attached hydrogens (primary N) is 1. The summed E-state index contributed by atoms with van der Waals surface area (Å²) in [6, 6.07) is 10.5. The van der Waals surface area contributed by atoms with Gasteiger partial charge in [0.2, 0.25) is 0 Å². The van der Waals surface area contributed by atoms with Crippen LogP contribution in [0.4, 0.5) is 0 Å². The first-order valence-corrected chi connectivity index (χ1v) is 9.23. The topological polar surface area (TPSA) is 139 Å². The van der Waals surface area contributed by atoms with Crippen molar-refractivity contribution in [3.8, 4) is 0 Å². The number of fused-ring (bicyclic) bond motifs is 2. The Morgan fingerprint density at radius 2 is 1.55 bits per heavy atom. The molecule has 0 unspecified atom stereocenters. The molecule has 5 atom stereocenters. The molecule has 1 aliphatic carbocycles. The molecular weight excluding hydrogens is 378 g/mol. The highest BCUT2D eigenvalue weighted by Gasteiger charge is 2.43. The summed E-state index contributed by atoms with van der Waals surface area (Å²) in [4.78, 5) is 25.5. The van der Waals surface area contributed by atoms with Crippen LogP contribution in [-0.4, -0.2) is 64.1 Å². The fourth-order valence-corrected chi connectivity index (χ4v) is 3.67. The fourth-order valence-electron chi connectivity index (χ4n) is 3.67. The van der Waals surface area contributed by atoms with Crippen LogP contribution in [0.2, 0.25) is 0 Å². The lowest BCUT2D eigenvalue weighted by atomic mass is 9.83. The van der Waals surface area contributed by atoms with E-state index < -0.39 is 37.3 Å². The van der Waals surface area contributed by atoms with E-state index in [4.69, 9.17) is 15.2 Å². The molecule has 29 heavy (non-hydrogen) atoms. The van der Waals surface area contributed by atoms with Crippen molar-refractivity contribution in [2.45, 2.75) is 37.3 Å². The Morgan fingerprint density at radius 1 is 0.931 bits per heavy atom. The molecule has 2 aliphatic rings. The van der Waals surface area contributed by atoms with Crippen molar-refractivity contribution in [1.29, 1.82) is 0 Å². The molecule has 0 spiro atoms. The summed E-state index contributed by atoms with van der Waals surface area (Å²) in [7, 11) is 0. The third-order valence-corrected chi connectivity index (χ3v) is 5.33. The van der Waals surface area contributed by atoms with Crippen LogP contribution in [-0.2, 0) is 16.1 Å². The van der Waals surface area contributed by atoms with Crippen molar-refractivity contribution in [1.82, 2.24) is 0 Å². The first kappa shape index (κ1) is 19.8. The van der Waals surface area contributed by atoms with Crippen LogP contribution in [0, 0.1) is 0 Å².